The van der Waals surface area contributed by atoms with Crippen LogP contribution in [0.15, 0.2) is 5.38 Å². The van der Waals surface area contributed by atoms with E-state index >= 15 is 0 Å². The van der Waals surface area contributed by atoms with E-state index in [9.17, 15) is 0 Å². The Morgan fingerprint density at radius 3 is 3.17 bits per heavy atom. The zero-order valence-corrected chi connectivity index (χ0v) is 12.4. The van der Waals surface area contributed by atoms with Crippen molar-refractivity contribution in [3.63, 3.8) is 0 Å². The van der Waals surface area contributed by atoms with E-state index in [1.54, 1.807) is 11.3 Å². The summed E-state index contributed by atoms with van der Waals surface area (Å²) in [7, 11) is 0. The summed E-state index contributed by atoms with van der Waals surface area (Å²) in [6.45, 7) is 6.44. The number of nitrogens with one attached hydrogen (secondary N) is 2. The highest BCUT2D eigenvalue weighted by Crippen LogP contribution is 2.13. The number of thiazole rings is 1. The third kappa shape index (κ3) is 4.67. The van der Waals surface area contributed by atoms with Gasteiger partial charge in [-0.3, -0.25) is 0 Å². The second-order valence-corrected chi connectivity index (χ2v) is 6.44. The first-order valence-electron chi connectivity index (χ1n) is 7.12. The quantitative estimate of drug-likeness (QED) is 0.861. The molecule has 1 aromatic rings. The number of nitrogens with zero attached hydrogens (tertiary/aromatic N) is 1. The van der Waals surface area contributed by atoms with Crippen LogP contribution < -0.4 is 10.6 Å². The third-order valence-corrected chi connectivity index (χ3v) is 4.42. The second kappa shape index (κ2) is 7.22. The van der Waals surface area contributed by atoms with Crippen molar-refractivity contribution < 1.29 is 0 Å². The van der Waals surface area contributed by atoms with Crippen LogP contribution in [0.1, 0.15) is 49.7 Å². The van der Waals surface area contributed by atoms with Crippen molar-refractivity contribution in [1.29, 1.82) is 0 Å². The Morgan fingerprint density at radius 1 is 1.50 bits per heavy atom. The summed E-state index contributed by atoms with van der Waals surface area (Å²) < 4.78 is 0. The normalized spacial score (nSPS) is 22.7. The molecule has 2 atom stereocenters. The Balaban J connectivity index is 1.69. The van der Waals surface area contributed by atoms with E-state index in [2.05, 4.69) is 34.8 Å². The van der Waals surface area contributed by atoms with Crippen molar-refractivity contribution in [3.8, 4) is 0 Å². The fourth-order valence-electron chi connectivity index (χ4n) is 2.58. The predicted molar refractivity (Wildman–Crippen MR) is 78.0 cm³/mol. The van der Waals surface area contributed by atoms with Crippen molar-refractivity contribution in [3.05, 3.63) is 16.1 Å². The van der Waals surface area contributed by atoms with Crippen LogP contribution in [-0.2, 0) is 6.54 Å². The summed E-state index contributed by atoms with van der Waals surface area (Å²) in [5.41, 5.74) is 1.18. The van der Waals surface area contributed by atoms with Crippen molar-refractivity contribution in [1.82, 2.24) is 15.6 Å². The highest BCUT2D eigenvalue weighted by molar-refractivity contribution is 7.09. The molecule has 2 heterocycles. The Labute approximate surface area is 114 Å². The summed E-state index contributed by atoms with van der Waals surface area (Å²) >= 11 is 1.73. The third-order valence-electron chi connectivity index (χ3n) is 3.60. The second-order valence-electron chi connectivity index (χ2n) is 5.38. The maximum absolute atomic E-state index is 4.48. The van der Waals surface area contributed by atoms with Crippen LogP contribution >= 0.6 is 11.3 Å². The molecule has 1 aliphatic rings. The van der Waals surface area contributed by atoms with Crippen LogP contribution in [0.3, 0.4) is 0 Å². The Morgan fingerprint density at radius 2 is 2.39 bits per heavy atom. The first-order chi connectivity index (χ1) is 8.74. The SMILES string of the molecule is Cc1nc(CNC(C)CC2CCCCCN2)cs1. The average molecular weight is 267 g/mol. The van der Waals surface area contributed by atoms with Gasteiger partial charge in [0.1, 0.15) is 0 Å². The van der Waals surface area contributed by atoms with Crippen LogP contribution in [0.2, 0.25) is 0 Å². The van der Waals surface area contributed by atoms with E-state index in [0.29, 0.717) is 12.1 Å². The molecule has 3 nitrogen and oxygen atoms in total. The molecule has 1 aromatic heterocycles. The van der Waals surface area contributed by atoms with E-state index in [4.69, 9.17) is 0 Å². The minimum Gasteiger partial charge on any atom is -0.314 e. The first-order valence-corrected chi connectivity index (χ1v) is 8.00. The van der Waals surface area contributed by atoms with Crippen LogP contribution in [0.25, 0.3) is 0 Å². The smallest absolute Gasteiger partial charge is 0.0897 e. The van der Waals surface area contributed by atoms with Crippen molar-refractivity contribution in [2.45, 2.75) is 64.6 Å². The van der Waals surface area contributed by atoms with E-state index in [1.807, 2.05) is 0 Å². The van der Waals surface area contributed by atoms with Crippen molar-refractivity contribution in [2.24, 2.45) is 0 Å². The summed E-state index contributed by atoms with van der Waals surface area (Å²) in [5, 5.41) is 10.6. The lowest BCUT2D eigenvalue weighted by Crippen LogP contribution is -2.36. The van der Waals surface area contributed by atoms with Crippen LogP contribution in [0.4, 0.5) is 0 Å². The van der Waals surface area contributed by atoms with Crippen molar-refractivity contribution in [2.75, 3.05) is 6.54 Å². The molecule has 2 N–H and O–H groups in total. The van der Waals surface area contributed by atoms with Crippen LogP contribution in [0, 0.1) is 6.92 Å². The van der Waals surface area contributed by atoms with Gasteiger partial charge in [-0.1, -0.05) is 12.8 Å². The Hall–Kier alpha value is -0.450. The summed E-state index contributed by atoms with van der Waals surface area (Å²) in [6.07, 6.45) is 6.68. The number of hydrogen-bond acceptors (Lipinski definition) is 4. The minimum absolute atomic E-state index is 0.558. The number of aromatic nitrogens is 1. The number of hydrogen-bond donors (Lipinski definition) is 2. The molecule has 102 valence electrons. The van der Waals surface area contributed by atoms with Gasteiger partial charge in [-0.15, -0.1) is 11.3 Å². The van der Waals surface area contributed by atoms with Gasteiger partial charge in [0.2, 0.25) is 0 Å². The molecule has 2 rings (SSSR count). The molecular weight excluding hydrogens is 242 g/mol. The standard InChI is InChI=1S/C14H25N3S/c1-11(8-13-6-4-3-5-7-15-13)16-9-14-10-18-12(2)17-14/h10-11,13,15-16H,3-9H2,1-2H3. The van der Waals surface area contributed by atoms with E-state index in [1.165, 1.54) is 44.3 Å². The Kier molecular flexibility index (Phi) is 5.60. The average Bonchev–Trinajstić information content (AvgIpc) is 2.60. The van der Waals surface area contributed by atoms with Gasteiger partial charge in [0.15, 0.2) is 0 Å². The topological polar surface area (TPSA) is 37.0 Å². The van der Waals surface area contributed by atoms with E-state index < -0.39 is 0 Å². The molecule has 0 spiro atoms. The van der Waals surface area contributed by atoms with Gasteiger partial charge in [0.05, 0.1) is 10.7 Å². The van der Waals surface area contributed by atoms with Gasteiger partial charge in [0.25, 0.3) is 0 Å². The van der Waals surface area contributed by atoms with Gasteiger partial charge in [-0.2, -0.15) is 0 Å². The largest absolute Gasteiger partial charge is 0.314 e. The molecule has 2 unspecified atom stereocenters. The summed E-state index contributed by atoms with van der Waals surface area (Å²) in [4.78, 5) is 4.48. The molecule has 1 saturated heterocycles. The molecule has 0 saturated carbocycles. The fraction of sp³-hybridized carbons (Fsp3) is 0.786. The lowest BCUT2D eigenvalue weighted by atomic mass is 10.0. The lowest BCUT2D eigenvalue weighted by molar-refractivity contribution is 0.401. The number of aryl methyl sites for hydroxylation is 1. The van der Waals surface area contributed by atoms with Gasteiger partial charge in [-0.25, -0.2) is 4.98 Å². The Bertz CT molecular complexity index is 343. The monoisotopic (exact) mass is 267 g/mol. The molecule has 0 amide bonds. The fourth-order valence-corrected chi connectivity index (χ4v) is 3.19. The zero-order chi connectivity index (χ0) is 12.8. The molecule has 0 radical (unpaired) electrons. The highest BCUT2D eigenvalue weighted by Gasteiger charge is 2.14. The first kappa shape index (κ1) is 14.0. The number of rotatable bonds is 5. The van der Waals surface area contributed by atoms with Gasteiger partial charge >= 0.3 is 0 Å². The summed E-state index contributed by atoms with van der Waals surface area (Å²) in [6, 6.07) is 1.26. The van der Waals surface area contributed by atoms with Gasteiger partial charge in [0, 0.05) is 24.0 Å². The predicted octanol–water partition coefficient (Wildman–Crippen LogP) is 2.85. The summed E-state index contributed by atoms with van der Waals surface area (Å²) in [5.74, 6) is 0. The van der Waals surface area contributed by atoms with Gasteiger partial charge < -0.3 is 10.6 Å². The minimum atomic E-state index is 0.558. The molecule has 1 aliphatic heterocycles. The van der Waals surface area contributed by atoms with E-state index in [-0.39, 0.29) is 0 Å². The molecule has 18 heavy (non-hydrogen) atoms. The molecule has 1 fully saturated rings. The molecule has 4 heteroatoms. The van der Waals surface area contributed by atoms with E-state index in [0.717, 1.165) is 11.6 Å². The molecular formula is C14H25N3S. The van der Waals surface area contributed by atoms with Crippen LogP contribution in [-0.4, -0.2) is 23.6 Å². The maximum atomic E-state index is 4.48. The maximum Gasteiger partial charge on any atom is 0.0897 e. The molecule has 0 aromatic carbocycles. The molecule has 0 bridgehead atoms. The van der Waals surface area contributed by atoms with Gasteiger partial charge in [-0.05, 0) is 39.7 Å². The highest BCUT2D eigenvalue weighted by atomic mass is 32.1. The molecule has 0 aliphatic carbocycles. The van der Waals surface area contributed by atoms with Crippen molar-refractivity contribution >= 4 is 11.3 Å². The van der Waals surface area contributed by atoms with Crippen LogP contribution in [0.5, 0.6) is 0 Å². The zero-order valence-electron chi connectivity index (χ0n) is 11.5. The lowest BCUT2D eigenvalue weighted by Gasteiger charge is -2.21.